The third-order valence-corrected chi connectivity index (χ3v) is 5.02. The highest BCUT2D eigenvalue weighted by atomic mass is 19.3. The summed E-state index contributed by atoms with van der Waals surface area (Å²) in [4.78, 5) is 0. The van der Waals surface area contributed by atoms with Gasteiger partial charge in [-0.1, -0.05) is 25.0 Å². The number of ether oxygens (including phenoxy) is 1. The van der Waals surface area contributed by atoms with E-state index >= 15 is 0 Å². The van der Waals surface area contributed by atoms with Crippen molar-refractivity contribution >= 4 is 16.6 Å². The second kappa shape index (κ2) is 6.92. The molecule has 2 N–H and O–H groups in total. The van der Waals surface area contributed by atoms with Crippen molar-refractivity contribution in [3.05, 3.63) is 48.0 Å². The molecule has 3 aromatic rings. The number of aryl methyl sites for hydroxylation is 1. The molecule has 4 nitrogen and oxygen atoms in total. The molecule has 0 radical (unpaired) electrons. The molecule has 1 fully saturated rings. The molecule has 2 aromatic carbocycles. The first kappa shape index (κ1) is 17.3. The third kappa shape index (κ3) is 3.45. The van der Waals surface area contributed by atoms with E-state index in [1.807, 2.05) is 12.1 Å². The third-order valence-electron chi connectivity index (χ3n) is 5.02. The maximum absolute atomic E-state index is 12.6. The molecule has 1 saturated carbocycles. The van der Waals surface area contributed by atoms with Gasteiger partial charge in [0.1, 0.15) is 11.8 Å². The van der Waals surface area contributed by atoms with Crippen molar-refractivity contribution in [2.75, 3.05) is 5.73 Å². The Kier molecular flexibility index (Phi) is 4.44. The predicted octanol–water partition coefficient (Wildman–Crippen LogP) is 5.16. The van der Waals surface area contributed by atoms with Crippen LogP contribution in [0.1, 0.15) is 24.8 Å². The molecular weight excluding hydrogens is 348 g/mol. The first-order chi connectivity index (χ1) is 13.1. The average Bonchev–Trinajstić information content (AvgIpc) is 3.42. The summed E-state index contributed by atoms with van der Waals surface area (Å²) in [5.41, 5.74) is 9.39. The van der Waals surface area contributed by atoms with E-state index in [4.69, 9.17) is 5.73 Å². The predicted molar refractivity (Wildman–Crippen MR) is 100 cm³/mol. The van der Waals surface area contributed by atoms with Crippen molar-refractivity contribution in [3.8, 4) is 23.1 Å². The molecule has 0 bridgehead atoms. The maximum atomic E-state index is 12.6. The number of fused-ring (bicyclic) bond motifs is 1. The van der Waals surface area contributed by atoms with Crippen LogP contribution in [0.5, 0.6) is 5.75 Å². The topological polar surface area (TPSA) is 64.0 Å². The van der Waals surface area contributed by atoms with Gasteiger partial charge in [0.15, 0.2) is 0 Å². The SMILES string of the molecule is N#Cc1c(-c2ccc(N)cc2)n(CCC2CC2)c2cc(OC(F)F)ccc12. The molecule has 1 heterocycles. The van der Waals surface area contributed by atoms with Gasteiger partial charge in [0, 0.05) is 23.7 Å². The van der Waals surface area contributed by atoms with E-state index in [1.165, 1.54) is 18.9 Å². The lowest BCUT2D eigenvalue weighted by Crippen LogP contribution is -2.04. The lowest BCUT2D eigenvalue weighted by molar-refractivity contribution is -0.0497. The van der Waals surface area contributed by atoms with Crippen molar-refractivity contribution in [2.24, 2.45) is 5.92 Å². The van der Waals surface area contributed by atoms with E-state index in [0.717, 1.165) is 35.1 Å². The van der Waals surface area contributed by atoms with Gasteiger partial charge >= 0.3 is 6.61 Å². The smallest absolute Gasteiger partial charge is 0.387 e. The Balaban J connectivity index is 1.90. The first-order valence-electron chi connectivity index (χ1n) is 8.94. The van der Waals surface area contributed by atoms with Crippen molar-refractivity contribution in [1.29, 1.82) is 5.26 Å². The van der Waals surface area contributed by atoms with Crippen LogP contribution in [0.2, 0.25) is 0 Å². The van der Waals surface area contributed by atoms with Crippen LogP contribution < -0.4 is 10.5 Å². The summed E-state index contributed by atoms with van der Waals surface area (Å²) in [6.45, 7) is -2.16. The van der Waals surface area contributed by atoms with E-state index in [-0.39, 0.29) is 5.75 Å². The number of nitriles is 1. The minimum absolute atomic E-state index is 0.0935. The summed E-state index contributed by atoms with van der Waals surface area (Å²) >= 11 is 0. The number of anilines is 1. The quantitative estimate of drug-likeness (QED) is 0.612. The summed E-state index contributed by atoms with van der Waals surface area (Å²) in [5, 5.41) is 10.5. The number of benzene rings is 2. The monoisotopic (exact) mass is 367 g/mol. The van der Waals surface area contributed by atoms with Gasteiger partial charge < -0.3 is 15.0 Å². The second-order valence-corrected chi connectivity index (χ2v) is 6.90. The van der Waals surface area contributed by atoms with Gasteiger partial charge in [0.25, 0.3) is 0 Å². The van der Waals surface area contributed by atoms with Crippen molar-refractivity contribution in [2.45, 2.75) is 32.4 Å². The van der Waals surface area contributed by atoms with E-state index < -0.39 is 6.61 Å². The number of hydrogen-bond donors (Lipinski definition) is 1. The fourth-order valence-corrected chi connectivity index (χ4v) is 3.51. The van der Waals surface area contributed by atoms with Gasteiger partial charge in [-0.05, 0) is 42.2 Å². The number of nitrogens with zero attached hydrogens (tertiary/aromatic N) is 2. The Morgan fingerprint density at radius 2 is 1.93 bits per heavy atom. The number of aromatic nitrogens is 1. The van der Waals surface area contributed by atoms with Crippen LogP contribution in [-0.4, -0.2) is 11.2 Å². The zero-order valence-corrected chi connectivity index (χ0v) is 14.7. The highest BCUT2D eigenvalue weighted by molar-refractivity contribution is 5.95. The molecule has 6 heteroatoms. The lowest BCUT2D eigenvalue weighted by atomic mass is 10.1. The minimum atomic E-state index is -2.88. The largest absolute Gasteiger partial charge is 0.435 e. The number of rotatable bonds is 6. The lowest BCUT2D eigenvalue weighted by Gasteiger charge is -2.12. The van der Waals surface area contributed by atoms with E-state index in [9.17, 15) is 14.0 Å². The number of hydrogen-bond acceptors (Lipinski definition) is 3. The molecule has 138 valence electrons. The summed E-state index contributed by atoms with van der Waals surface area (Å²) in [6, 6.07) is 14.4. The zero-order chi connectivity index (χ0) is 19.0. The molecule has 0 aliphatic heterocycles. The van der Waals surface area contributed by atoms with Crippen LogP contribution >= 0.6 is 0 Å². The van der Waals surface area contributed by atoms with Crippen LogP contribution in [-0.2, 0) is 6.54 Å². The molecule has 27 heavy (non-hydrogen) atoms. The van der Waals surface area contributed by atoms with Crippen LogP contribution in [0, 0.1) is 17.2 Å². The summed E-state index contributed by atoms with van der Waals surface area (Å²) in [7, 11) is 0. The molecule has 0 amide bonds. The second-order valence-electron chi connectivity index (χ2n) is 6.90. The van der Waals surface area contributed by atoms with E-state index in [1.54, 1.807) is 24.3 Å². The van der Waals surface area contributed by atoms with Crippen molar-refractivity contribution in [3.63, 3.8) is 0 Å². The molecule has 0 unspecified atom stereocenters. The molecular formula is C21H19F2N3O. The van der Waals surface area contributed by atoms with Crippen LogP contribution in [0.15, 0.2) is 42.5 Å². The fourth-order valence-electron chi connectivity index (χ4n) is 3.51. The molecule has 0 atom stereocenters. The van der Waals surface area contributed by atoms with Crippen molar-refractivity contribution < 1.29 is 13.5 Å². The van der Waals surface area contributed by atoms with Gasteiger partial charge in [-0.3, -0.25) is 0 Å². The molecule has 1 aliphatic carbocycles. The Morgan fingerprint density at radius 1 is 1.19 bits per heavy atom. The summed E-state index contributed by atoms with van der Waals surface area (Å²) in [5.74, 6) is 0.795. The average molecular weight is 367 g/mol. The molecule has 0 spiro atoms. The first-order valence-corrected chi connectivity index (χ1v) is 8.94. The zero-order valence-electron chi connectivity index (χ0n) is 14.7. The Hall–Kier alpha value is -3.07. The normalized spacial score (nSPS) is 13.9. The fraction of sp³-hybridized carbons (Fsp3) is 0.286. The van der Waals surface area contributed by atoms with E-state index in [2.05, 4.69) is 15.4 Å². The Bertz CT molecular complexity index is 1010. The molecule has 1 aliphatic rings. The molecule has 0 saturated heterocycles. The van der Waals surface area contributed by atoms with Gasteiger partial charge in [0.05, 0.1) is 16.8 Å². The number of halogens is 2. The summed E-state index contributed by atoms with van der Waals surface area (Å²) < 4.78 is 31.9. The summed E-state index contributed by atoms with van der Waals surface area (Å²) in [6.07, 6.45) is 3.44. The van der Waals surface area contributed by atoms with Gasteiger partial charge in [-0.2, -0.15) is 14.0 Å². The Labute approximate surface area is 155 Å². The van der Waals surface area contributed by atoms with Crippen LogP contribution in [0.3, 0.4) is 0 Å². The van der Waals surface area contributed by atoms with Crippen LogP contribution in [0.25, 0.3) is 22.2 Å². The van der Waals surface area contributed by atoms with Gasteiger partial charge in [0.2, 0.25) is 0 Å². The molecule has 4 rings (SSSR count). The maximum Gasteiger partial charge on any atom is 0.387 e. The Morgan fingerprint density at radius 3 is 2.56 bits per heavy atom. The number of alkyl halides is 2. The highest BCUT2D eigenvalue weighted by Gasteiger charge is 2.24. The number of nitrogens with two attached hydrogens (primary N) is 1. The van der Waals surface area contributed by atoms with Gasteiger partial charge in [-0.15, -0.1) is 0 Å². The van der Waals surface area contributed by atoms with Crippen molar-refractivity contribution in [1.82, 2.24) is 4.57 Å². The number of nitrogen functional groups attached to an aromatic ring is 1. The highest BCUT2D eigenvalue weighted by Crippen LogP contribution is 2.38. The van der Waals surface area contributed by atoms with E-state index in [0.29, 0.717) is 17.2 Å². The van der Waals surface area contributed by atoms with Gasteiger partial charge in [-0.25, -0.2) is 0 Å². The minimum Gasteiger partial charge on any atom is -0.435 e. The van der Waals surface area contributed by atoms with Crippen LogP contribution in [0.4, 0.5) is 14.5 Å². The molecule has 1 aromatic heterocycles. The standard InChI is InChI=1S/C21H19F2N3O/c22-21(23)27-16-7-8-17-18(12-24)20(14-3-5-15(25)6-4-14)26(19(17)11-16)10-9-13-1-2-13/h3-8,11,13,21H,1-2,9-10,25H2.